The second-order valence-corrected chi connectivity index (χ2v) is 7.31. The lowest BCUT2D eigenvalue weighted by atomic mass is 10.1. The topological polar surface area (TPSA) is 163 Å². The molecular weight excluding hydrogens is 430 g/mol. The van der Waals surface area contributed by atoms with Crippen LogP contribution in [-0.2, 0) is 27.3 Å². The number of nitriles is 1. The molecule has 1 aromatic heterocycles. The Hall–Kier alpha value is -4.46. The molecule has 11 heteroatoms. The van der Waals surface area contributed by atoms with Gasteiger partial charge in [-0.05, 0) is 30.2 Å². The van der Waals surface area contributed by atoms with Gasteiger partial charge in [-0.25, -0.2) is 4.98 Å². The van der Waals surface area contributed by atoms with Crippen molar-refractivity contribution in [2.24, 2.45) is 0 Å². The normalized spacial score (nSPS) is 13.9. The number of hydrogen-bond acceptors (Lipinski definition) is 8. The summed E-state index contributed by atoms with van der Waals surface area (Å²) >= 11 is 0. The van der Waals surface area contributed by atoms with Crippen molar-refractivity contribution in [3.8, 4) is 11.8 Å². The Morgan fingerprint density at radius 2 is 2.15 bits per heavy atom. The highest BCUT2D eigenvalue weighted by Crippen LogP contribution is 2.32. The minimum absolute atomic E-state index is 0.0509. The molecule has 1 aromatic carbocycles. The molecule has 0 saturated heterocycles. The molecule has 0 radical (unpaired) electrons. The summed E-state index contributed by atoms with van der Waals surface area (Å²) in [6.45, 7) is 1.90. The van der Waals surface area contributed by atoms with E-state index in [4.69, 9.17) is 9.47 Å². The number of carbonyl (C=O) groups excluding carboxylic acids is 3. The Morgan fingerprint density at radius 3 is 2.91 bits per heavy atom. The number of ether oxygens (including phenoxy) is 2. The number of allylic oxidation sites excluding steroid dienone is 1. The third kappa shape index (κ3) is 4.45. The van der Waals surface area contributed by atoms with Gasteiger partial charge >= 0.3 is 5.97 Å². The summed E-state index contributed by atoms with van der Waals surface area (Å²) in [7, 11) is 0. The number of anilines is 1. The van der Waals surface area contributed by atoms with Gasteiger partial charge in [0.2, 0.25) is 0 Å². The van der Waals surface area contributed by atoms with Gasteiger partial charge < -0.3 is 25.1 Å². The number of fused-ring (bicyclic) bond motifs is 2. The first-order valence-corrected chi connectivity index (χ1v) is 10.1. The smallest absolute Gasteiger partial charge is 0.310 e. The van der Waals surface area contributed by atoms with Gasteiger partial charge in [-0.2, -0.15) is 5.26 Å². The fourth-order valence-corrected chi connectivity index (χ4v) is 3.66. The lowest BCUT2D eigenvalue weighted by molar-refractivity contribution is -0.141. The molecule has 2 heterocycles. The number of carbonyl (C=O) groups is 3. The lowest BCUT2D eigenvalue weighted by Crippen LogP contribution is -2.29. The Kier molecular flexibility index (Phi) is 5.91. The molecule has 2 aliphatic rings. The van der Waals surface area contributed by atoms with E-state index in [9.17, 15) is 24.4 Å². The SMILES string of the molecule is CCOC(=O)CC1=C(C#N)Cc2nc(C(=O)NCc3ccc4c(c3)NC(=O)CO4)[nH]c(=O)c21. The van der Waals surface area contributed by atoms with Crippen molar-refractivity contribution in [1.29, 1.82) is 5.26 Å². The highest BCUT2D eigenvalue weighted by molar-refractivity contribution is 5.95. The molecule has 0 bridgehead atoms. The van der Waals surface area contributed by atoms with Crippen molar-refractivity contribution >= 4 is 29.0 Å². The summed E-state index contributed by atoms with van der Waals surface area (Å²) in [6, 6.07) is 7.10. The van der Waals surface area contributed by atoms with Crippen LogP contribution >= 0.6 is 0 Å². The number of aromatic nitrogens is 2. The Morgan fingerprint density at radius 1 is 1.33 bits per heavy atom. The fourth-order valence-electron chi connectivity index (χ4n) is 3.66. The summed E-state index contributed by atoms with van der Waals surface area (Å²) in [6.07, 6.45) is -0.173. The van der Waals surface area contributed by atoms with E-state index < -0.39 is 17.4 Å². The van der Waals surface area contributed by atoms with Gasteiger partial charge in [-0.1, -0.05) is 6.07 Å². The van der Waals surface area contributed by atoms with Crippen molar-refractivity contribution in [2.45, 2.75) is 26.3 Å². The minimum Gasteiger partial charge on any atom is -0.482 e. The molecule has 2 aromatic rings. The largest absolute Gasteiger partial charge is 0.482 e. The standard InChI is InChI=1S/C22H19N5O6/c1-2-32-18(29)7-13-12(8-23)6-15-19(13)21(30)27-20(26-15)22(31)24-9-11-3-4-16-14(5-11)25-17(28)10-33-16/h3-5H,2,6-7,9-10H2,1H3,(H,24,31)(H,25,28)(H,26,27,30). The van der Waals surface area contributed by atoms with Crippen molar-refractivity contribution < 1.29 is 23.9 Å². The Bertz CT molecular complexity index is 1300. The van der Waals surface area contributed by atoms with E-state index in [1.54, 1.807) is 25.1 Å². The second kappa shape index (κ2) is 8.96. The van der Waals surface area contributed by atoms with Gasteiger partial charge in [-0.15, -0.1) is 0 Å². The van der Waals surface area contributed by atoms with E-state index >= 15 is 0 Å². The van der Waals surface area contributed by atoms with Gasteiger partial charge in [-0.3, -0.25) is 19.2 Å². The van der Waals surface area contributed by atoms with Crippen LogP contribution in [0.3, 0.4) is 0 Å². The first kappa shape index (κ1) is 21.8. The summed E-state index contributed by atoms with van der Waals surface area (Å²) in [5, 5.41) is 14.8. The maximum absolute atomic E-state index is 12.7. The molecule has 2 amide bonds. The van der Waals surface area contributed by atoms with Crippen molar-refractivity contribution in [3.05, 3.63) is 56.8 Å². The number of esters is 1. The van der Waals surface area contributed by atoms with Gasteiger partial charge in [0.05, 0.1) is 36.0 Å². The molecule has 168 valence electrons. The second-order valence-electron chi connectivity index (χ2n) is 7.31. The maximum Gasteiger partial charge on any atom is 0.310 e. The number of hydrogen-bond donors (Lipinski definition) is 3. The molecule has 33 heavy (non-hydrogen) atoms. The zero-order valence-electron chi connectivity index (χ0n) is 17.6. The fraction of sp³-hybridized carbons (Fsp3) is 0.273. The van der Waals surface area contributed by atoms with E-state index in [0.717, 1.165) is 0 Å². The van der Waals surface area contributed by atoms with Crippen LogP contribution in [0.4, 0.5) is 5.69 Å². The third-order valence-electron chi connectivity index (χ3n) is 5.11. The number of aromatic amines is 1. The van der Waals surface area contributed by atoms with Gasteiger partial charge in [0.1, 0.15) is 5.75 Å². The molecular formula is C22H19N5O6. The number of nitrogens with zero attached hydrogens (tertiary/aromatic N) is 2. The summed E-state index contributed by atoms with van der Waals surface area (Å²) in [5.74, 6) is -1.11. The van der Waals surface area contributed by atoms with Crippen LogP contribution in [0.5, 0.6) is 5.75 Å². The first-order valence-electron chi connectivity index (χ1n) is 10.1. The quantitative estimate of drug-likeness (QED) is 0.546. The van der Waals surface area contributed by atoms with Gasteiger partial charge in [0.25, 0.3) is 17.4 Å². The van der Waals surface area contributed by atoms with Gasteiger partial charge in [0, 0.05) is 18.5 Å². The Balaban J connectivity index is 1.50. The van der Waals surface area contributed by atoms with E-state index in [2.05, 4.69) is 20.6 Å². The number of H-pyrrole nitrogens is 1. The lowest BCUT2D eigenvalue weighted by Gasteiger charge is -2.18. The maximum atomic E-state index is 12.7. The third-order valence-corrected chi connectivity index (χ3v) is 5.11. The zero-order chi connectivity index (χ0) is 23.5. The van der Waals surface area contributed by atoms with E-state index in [0.29, 0.717) is 17.0 Å². The zero-order valence-corrected chi connectivity index (χ0v) is 17.6. The molecule has 0 fully saturated rings. The van der Waals surface area contributed by atoms with E-state index in [-0.39, 0.29) is 66.7 Å². The van der Waals surface area contributed by atoms with Crippen molar-refractivity contribution in [1.82, 2.24) is 15.3 Å². The van der Waals surface area contributed by atoms with E-state index in [1.165, 1.54) is 0 Å². The molecule has 0 spiro atoms. The van der Waals surface area contributed by atoms with Crippen LogP contribution in [0.1, 0.15) is 40.8 Å². The van der Waals surface area contributed by atoms with Crippen molar-refractivity contribution in [2.75, 3.05) is 18.5 Å². The van der Waals surface area contributed by atoms with Crippen LogP contribution in [0.15, 0.2) is 28.6 Å². The average molecular weight is 449 g/mol. The van der Waals surface area contributed by atoms with Crippen LogP contribution < -0.4 is 20.9 Å². The van der Waals surface area contributed by atoms with Crippen LogP contribution in [0, 0.1) is 11.3 Å². The van der Waals surface area contributed by atoms with Crippen LogP contribution in [-0.4, -0.2) is 41.0 Å². The number of benzene rings is 1. The molecule has 0 unspecified atom stereocenters. The molecule has 3 N–H and O–H groups in total. The highest BCUT2D eigenvalue weighted by atomic mass is 16.5. The molecule has 1 aliphatic carbocycles. The van der Waals surface area contributed by atoms with Gasteiger partial charge in [0.15, 0.2) is 12.4 Å². The van der Waals surface area contributed by atoms with Crippen LogP contribution in [0.2, 0.25) is 0 Å². The first-order chi connectivity index (χ1) is 15.9. The molecule has 1 aliphatic heterocycles. The number of rotatable bonds is 6. The monoisotopic (exact) mass is 449 g/mol. The summed E-state index contributed by atoms with van der Waals surface area (Å²) in [4.78, 5) is 55.3. The predicted molar refractivity (Wildman–Crippen MR) is 114 cm³/mol. The summed E-state index contributed by atoms with van der Waals surface area (Å²) < 4.78 is 10.2. The average Bonchev–Trinajstić information content (AvgIpc) is 3.15. The number of amides is 2. The molecule has 0 saturated carbocycles. The molecule has 11 nitrogen and oxygen atoms in total. The van der Waals surface area contributed by atoms with Crippen molar-refractivity contribution in [3.63, 3.8) is 0 Å². The highest BCUT2D eigenvalue weighted by Gasteiger charge is 2.29. The minimum atomic E-state index is -0.620. The van der Waals surface area contributed by atoms with Crippen LogP contribution in [0.25, 0.3) is 5.57 Å². The summed E-state index contributed by atoms with van der Waals surface area (Å²) in [5.41, 5.74) is 1.49. The molecule has 0 atom stereocenters. The Labute approximate surface area is 187 Å². The molecule has 4 rings (SSSR count). The number of nitrogens with one attached hydrogen (secondary N) is 3. The predicted octanol–water partition coefficient (Wildman–Crippen LogP) is 0.817. The van der Waals surface area contributed by atoms with E-state index in [1.807, 2.05) is 6.07 Å².